The summed E-state index contributed by atoms with van der Waals surface area (Å²) >= 11 is 0. The molecule has 124 valence electrons. The first kappa shape index (κ1) is 16.9. The van der Waals surface area contributed by atoms with Crippen LogP contribution in [0.25, 0.3) is 0 Å². The van der Waals surface area contributed by atoms with Crippen molar-refractivity contribution in [3.05, 3.63) is 41.2 Å². The number of benzene rings is 1. The summed E-state index contributed by atoms with van der Waals surface area (Å²) in [5.74, 6) is -0.265. The Bertz CT molecular complexity index is 710. The molecule has 0 aliphatic heterocycles. The zero-order valence-corrected chi connectivity index (χ0v) is 13.6. The van der Waals surface area contributed by atoms with Gasteiger partial charge in [-0.05, 0) is 26.0 Å². The number of nitrogens with one attached hydrogen (secondary N) is 1. The molecule has 1 N–H and O–H groups in total. The highest BCUT2D eigenvalue weighted by Crippen LogP contribution is 2.24. The molecule has 0 atom stereocenters. The van der Waals surface area contributed by atoms with E-state index in [0.29, 0.717) is 27.3 Å². The molecule has 0 saturated carbocycles. The van der Waals surface area contributed by atoms with Gasteiger partial charge in [-0.2, -0.15) is 13.9 Å². The third kappa shape index (κ3) is 3.67. The standard InChI is InChI=1S/C16H20F2N4O/c1-10-12(11(2)22(20-10)16(17)18)9-15(23)19-13-7-5-6-8-14(13)21(3)4/h5-8,16H,9H2,1-4H3,(H,19,23). The summed E-state index contributed by atoms with van der Waals surface area (Å²) in [6, 6.07) is 7.40. The van der Waals surface area contributed by atoms with Gasteiger partial charge in [-0.3, -0.25) is 4.79 Å². The van der Waals surface area contributed by atoms with E-state index in [-0.39, 0.29) is 12.3 Å². The van der Waals surface area contributed by atoms with Crippen LogP contribution in [-0.2, 0) is 11.2 Å². The molecule has 0 radical (unpaired) electrons. The van der Waals surface area contributed by atoms with E-state index in [1.54, 1.807) is 19.9 Å². The van der Waals surface area contributed by atoms with Crippen molar-refractivity contribution in [1.82, 2.24) is 9.78 Å². The molecule has 0 bridgehead atoms. The van der Waals surface area contributed by atoms with E-state index < -0.39 is 6.55 Å². The summed E-state index contributed by atoms with van der Waals surface area (Å²) in [5, 5.41) is 6.62. The first-order valence-electron chi connectivity index (χ1n) is 7.20. The van der Waals surface area contributed by atoms with Crippen LogP contribution in [0.3, 0.4) is 0 Å². The van der Waals surface area contributed by atoms with Crippen molar-refractivity contribution >= 4 is 17.3 Å². The molecule has 0 aliphatic rings. The Labute approximate surface area is 133 Å². The van der Waals surface area contributed by atoms with Crippen LogP contribution >= 0.6 is 0 Å². The summed E-state index contributed by atoms with van der Waals surface area (Å²) in [5.41, 5.74) is 2.84. The van der Waals surface area contributed by atoms with Gasteiger partial charge in [-0.15, -0.1) is 0 Å². The molecule has 1 aromatic heterocycles. The average Bonchev–Trinajstić information content (AvgIpc) is 2.76. The number of aryl methyl sites for hydroxylation is 1. The highest BCUT2D eigenvalue weighted by atomic mass is 19.3. The number of rotatable bonds is 5. The predicted molar refractivity (Wildman–Crippen MR) is 86.1 cm³/mol. The van der Waals surface area contributed by atoms with Crippen LogP contribution in [0.15, 0.2) is 24.3 Å². The van der Waals surface area contributed by atoms with Crippen molar-refractivity contribution in [3.63, 3.8) is 0 Å². The predicted octanol–water partition coefficient (Wildman–Crippen LogP) is 3.14. The zero-order valence-electron chi connectivity index (χ0n) is 13.6. The second-order valence-corrected chi connectivity index (χ2v) is 5.51. The topological polar surface area (TPSA) is 50.2 Å². The second-order valence-electron chi connectivity index (χ2n) is 5.51. The number of carbonyl (C=O) groups excluding carboxylic acids is 1. The fourth-order valence-corrected chi connectivity index (χ4v) is 2.47. The highest BCUT2D eigenvalue weighted by molar-refractivity contribution is 5.95. The number of nitrogens with zero attached hydrogens (tertiary/aromatic N) is 3. The summed E-state index contributed by atoms with van der Waals surface area (Å²) in [6.07, 6.45) is 0.00610. The molecule has 5 nitrogen and oxygen atoms in total. The number of amides is 1. The molecular weight excluding hydrogens is 302 g/mol. The summed E-state index contributed by atoms with van der Waals surface area (Å²) in [7, 11) is 3.76. The lowest BCUT2D eigenvalue weighted by Gasteiger charge is -2.17. The van der Waals surface area contributed by atoms with E-state index in [1.165, 1.54) is 0 Å². The number of anilines is 2. The average molecular weight is 322 g/mol. The van der Waals surface area contributed by atoms with Crippen LogP contribution in [0.1, 0.15) is 23.5 Å². The Morgan fingerprint density at radius 1 is 1.30 bits per heavy atom. The minimum absolute atomic E-state index is 0.00610. The van der Waals surface area contributed by atoms with Gasteiger partial charge in [0.1, 0.15) is 0 Å². The normalized spacial score (nSPS) is 10.9. The molecule has 7 heteroatoms. The van der Waals surface area contributed by atoms with Crippen molar-refractivity contribution < 1.29 is 13.6 Å². The maximum absolute atomic E-state index is 12.8. The van der Waals surface area contributed by atoms with Gasteiger partial charge in [0.05, 0.1) is 23.5 Å². The molecule has 2 rings (SSSR count). The number of hydrogen-bond acceptors (Lipinski definition) is 3. The van der Waals surface area contributed by atoms with Crippen molar-refractivity contribution in [3.8, 4) is 0 Å². The zero-order chi connectivity index (χ0) is 17.1. The molecule has 0 unspecified atom stereocenters. The van der Waals surface area contributed by atoms with Crippen molar-refractivity contribution in [2.45, 2.75) is 26.8 Å². The van der Waals surface area contributed by atoms with Crippen LogP contribution in [0.4, 0.5) is 20.2 Å². The number of halogens is 2. The van der Waals surface area contributed by atoms with Crippen LogP contribution in [0.5, 0.6) is 0 Å². The Kier molecular flexibility index (Phi) is 4.98. The quantitative estimate of drug-likeness (QED) is 0.920. The molecule has 0 fully saturated rings. The van der Waals surface area contributed by atoms with Gasteiger partial charge in [-0.1, -0.05) is 12.1 Å². The maximum Gasteiger partial charge on any atom is 0.333 e. The van der Waals surface area contributed by atoms with E-state index in [2.05, 4.69) is 10.4 Å². The van der Waals surface area contributed by atoms with E-state index >= 15 is 0 Å². The molecule has 1 aromatic carbocycles. The summed E-state index contributed by atoms with van der Waals surface area (Å²) in [4.78, 5) is 14.2. The third-order valence-corrected chi connectivity index (χ3v) is 3.66. The van der Waals surface area contributed by atoms with Gasteiger partial charge in [0.2, 0.25) is 5.91 Å². The smallest absolute Gasteiger partial charge is 0.333 e. The van der Waals surface area contributed by atoms with Gasteiger partial charge in [0, 0.05) is 25.4 Å². The van der Waals surface area contributed by atoms with Gasteiger partial charge in [-0.25, -0.2) is 4.68 Å². The first-order chi connectivity index (χ1) is 10.8. The van der Waals surface area contributed by atoms with E-state index in [4.69, 9.17) is 0 Å². The Hall–Kier alpha value is -2.44. The Morgan fingerprint density at radius 3 is 2.52 bits per heavy atom. The van der Waals surface area contributed by atoms with Crippen LogP contribution < -0.4 is 10.2 Å². The largest absolute Gasteiger partial charge is 0.376 e. The number of alkyl halides is 2. The lowest BCUT2D eigenvalue weighted by molar-refractivity contribution is -0.115. The summed E-state index contributed by atoms with van der Waals surface area (Å²) in [6.45, 7) is 0.463. The molecule has 23 heavy (non-hydrogen) atoms. The molecule has 2 aromatic rings. The van der Waals surface area contributed by atoms with Crippen molar-refractivity contribution in [2.24, 2.45) is 0 Å². The molecule has 0 saturated heterocycles. The number of hydrogen-bond donors (Lipinski definition) is 1. The first-order valence-corrected chi connectivity index (χ1v) is 7.20. The third-order valence-electron chi connectivity index (χ3n) is 3.66. The number of carbonyl (C=O) groups is 1. The SMILES string of the molecule is Cc1nn(C(F)F)c(C)c1CC(=O)Nc1ccccc1N(C)C. The van der Waals surface area contributed by atoms with Crippen LogP contribution in [0, 0.1) is 13.8 Å². The second kappa shape index (κ2) is 6.76. The van der Waals surface area contributed by atoms with Gasteiger partial charge >= 0.3 is 6.55 Å². The Morgan fingerprint density at radius 2 is 1.96 bits per heavy atom. The van der Waals surface area contributed by atoms with E-state index in [9.17, 15) is 13.6 Å². The van der Waals surface area contributed by atoms with Gasteiger partial charge in [0.15, 0.2) is 0 Å². The van der Waals surface area contributed by atoms with Crippen molar-refractivity contribution in [2.75, 3.05) is 24.3 Å². The van der Waals surface area contributed by atoms with Crippen LogP contribution in [0.2, 0.25) is 0 Å². The molecule has 1 heterocycles. The molecular formula is C16H20F2N4O. The fourth-order valence-electron chi connectivity index (χ4n) is 2.47. The Balaban J connectivity index is 2.18. The van der Waals surface area contributed by atoms with Crippen molar-refractivity contribution in [1.29, 1.82) is 0 Å². The number of para-hydroxylation sites is 2. The lowest BCUT2D eigenvalue weighted by atomic mass is 10.1. The summed E-state index contributed by atoms with van der Waals surface area (Å²) < 4.78 is 26.3. The fraction of sp³-hybridized carbons (Fsp3) is 0.375. The van der Waals surface area contributed by atoms with Gasteiger partial charge in [0.25, 0.3) is 0 Å². The molecule has 0 aliphatic carbocycles. The maximum atomic E-state index is 12.8. The van der Waals surface area contributed by atoms with Crippen LogP contribution in [-0.4, -0.2) is 29.8 Å². The number of aromatic nitrogens is 2. The van der Waals surface area contributed by atoms with E-state index in [1.807, 2.05) is 37.2 Å². The van der Waals surface area contributed by atoms with Gasteiger partial charge < -0.3 is 10.2 Å². The minimum atomic E-state index is -2.71. The van der Waals surface area contributed by atoms with E-state index in [0.717, 1.165) is 5.69 Å². The minimum Gasteiger partial charge on any atom is -0.376 e. The highest BCUT2D eigenvalue weighted by Gasteiger charge is 2.19. The molecule has 1 amide bonds. The monoisotopic (exact) mass is 322 g/mol. The molecule has 0 spiro atoms. The lowest BCUT2D eigenvalue weighted by Crippen LogP contribution is -2.18.